The van der Waals surface area contributed by atoms with E-state index in [0.29, 0.717) is 22.0 Å². The highest BCUT2D eigenvalue weighted by atomic mass is 35.5. The lowest BCUT2D eigenvalue weighted by atomic mass is 10.1. The van der Waals surface area contributed by atoms with Gasteiger partial charge in [-0.15, -0.1) is 0 Å². The van der Waals surface area contributed by atoms with Crippen LogP contribution in [0.2, 0.25) is 5.15 Å². The number of nitrogens with one attached hydrogen (secondary N) is 2. The van der Waals surface area contributed by atoms with Crippen LogP contribution in [0.1, 0.15) is 39.2 Å². The standard InChI is InChI=1S/C21H17ClFN3O2/c1-13(25-21(28)16-6-11-19(22)24-12-16)14-4-9-18(10-5-14)26-20(27)15-2-7-17(23)8-3-15/h2-13H,1H3,(H,25,28)(H,26,27). The summed E-state index contributed by atoms with van der Waals surface area (Å²) < 4.78 is 12.9. The molecule has 28 heavy (non-hydrogen) atoms. The summed E-state index contributed by atoms with van der Waals surface area (Å²) in [6.45, 7) is 1.85. The highest BCUT2D eigenvalue weighted by Gasteiger charge is 2.12. The molecule has 1 atom stereocenters. The largest absolute Gasteiger partial charge is 0.345 e. The van der Waals surface area contributed by atoms with Gasteiger partial charge in [-0.3, -0.25) is 9.59 Å². The van der Waals surface area contributed by atoms with Gasteiger partial charge in [-0.2, -0.15) is 0 Å². The zero-order valence-corrected chi connectivity index (χ0v) is 15.7. The Morgan fingerprint density at radius 1 is 0.929 bits per heavy atom. The lowest BCUT2D eigenvalue weighted by Gasteiger charge is -2.15. The number of anilines is 1. The van der Waals surface area contributed by atoms with E-state index < -0.39 is 5.82 Å². The second-order valence-corrected chi connectivity index (χ2v) is 6.54. The van der Waals surface area contributed by atoms with Gasteiger partial charge in [0.05, 0.1) is 11.6 Å². The fraction of sp³-hybridized carbons (Fsp3) is 0.0952. The van der Waals surface area contributed by atoms with Crippen molar-refractivity contribution >= 4 is 29.1 Å². The smallest absolute Gasteiger partial charge is 0.255 e. The SMILES string of the molecule is CC(NC(=O)c1ccc(Cl)nc1)c1ccc(NC(=O)c2ccc(F)cc2)cc1. The van der Waals surface area contributed by atoms with Crippen LogP contribution in [0.25, 0.3) is 0 Å². The van der Waals surface area contributed by atoms with Gasteiger partial charge in [-0.1, -0.05) is 23.7 Å². The fourth-order valence-corrected chi connectivity index (χ4v) is 2.64. The quantitative estimate of drug-likeness (QED) is 0.617. The molecule has 3 rings (SSSR count). The molecule has 1 heterocycles. The minimum atomic E-state index is -0.397. The summed E-state index contributed by atoms with van der Waals surface area (Å²) in [6.07, 6.45) is 1.42. The van der Waals surface area contributed by atoms with Crippen molar-refractivity contribution < 1.29 is 14.0 Å². The second kappa shape index (κ2) is 8.63. The summed E-state index contributed by atoms with van der Waals surface area (Å²) in [5.74, 6) is -0.985. The molecule has 0 aliphatic heterocycles. The first-order chi connectivity index (χ1) is 13.4. The van der Waals surface area contributed by atoms with E-state index in [2.05, 4.69) is 15.6 Å². The Morgan fingerprint density at radius 3 is 2.18 bits per heavy atom. The molecule has 2 amide bonds. The highest BCUT2D eigenvalue weighted by molar-refractivity contribution is 6.29. The van der Waals surface area contributed by atoms with Crippen molar-refractivity contribution in [2.75, 3.05) is 5.32 Å². The molecule has 7 heteroatoms. The molecule has 0 bridgehead atoms. The van der Waals surface area contributed by atoms with Crippen LogP contribution >= 0.6 is 11.6 Å². The number of rotatable bonds is 5. The summed E-state index contributed by atoms with van der Waals surface area (Å²) in [7, 11) is 0. The molecule has 3 aromatic rings. The van der Waals surface area contributed by atoms with E-state index in [9.17, 15) is 14.0 Å². The molecule has 0 radical (unpaired) electrons. The van der Waals surface area contributed by atoms with Crippen LogP contribution in [0.4, 0.5) is 10.1 Å². The average molecular weight is 398 g/mol. The Bertz CT molecular complexity index is 974. The molecule has 142 valence electrons. The first kappa shape index (κ1) is 19.5. The first-order valence-corrected chi connectivity index (χ1v) is 8.89. The summed E-state index contributed by atoms with van der Waals surface area (Å²) in [4.78, 5) is 28.3. The molecule has 0 saturated heterocycles. The summed E-state index contributed by atoms with van der Waals surface area (Å²) in [5.41, 5.74) is 2.25. The zero-order valence-electron chi connectivity index (χ0n) is 14.9. The lowest BCUT2D eigenvalue weighted by molar-refractivity contribution is 0.0939. The van der Waals surface area contributed by atoms with E-state index in [-0.39, 0.29) is 17.9 Å². The lowest BCUT2D eigenvalue weighted by Crippen LogP contribution is -2.26. The van der Waals surface area contributed by atoms with E-state index >= 15 is 0 Å². The monoisotopic (exact) mass is 397 g/mol. The number of aromatic nitrogens is 1. The molecular formula is C21H17ClFN3O2. The third-order valence-electron chi connectivity index (χ3n) is 4.11. The van der Waals surface area contributed by atoms with E-state index in [1.807, 2.05) is 19.1 Å². The van der Waals surface area contributed by atoms with Gasteiger partial charge in [0, 0.05) is 17.4 Å². The number of hydrogen-bond donors (Lipinski definition) is 2. The van der Waals surface area contributed by atoms with Crippen molar-refractivity contribution in [2.45, 2.75) is 13.0 Å². The van der Waals surface area contributed by atoms with Crippen molar-refractivity contribution in [1.82, 2.24) is 10.3 Å². The molecule has 0 spiro atoms. The maximum absolute atomic E-state index is 12.9. The molecule has 2 N–H and O–H groups in total. The van der Waals surface area contributed by atoms with Gasteiger partial charge in [0.25, 0.3) is 11.8 Å². The third-order valence-corrected chi connectivity index (χ3v) is 4.34. The number of carbonyl (C=O) groups excluding carboxylic acids is 2. The van der Waals surface area contributed by atoms with E-state index in [0.717, 1.165) is 5.56 Å². The van der Waals surface area contributed by atoms with Crippen LogP contribution in [-0.4, -0.2) is 16.8 Å². The first-order valence-electron chi connectivity index (χ1n) is 8.51. The number of nitrogens with zero attached hydrogens (tertiary/aromatic N) is 1. The zero-order chi connectivity index (χ0) is 20.1. The van der Waals surface area contributed by atoms with Gasteiger partial charge in [-0.25, -0.2) is 9.37 Å². The number of benzene rings is 2. The molecule has 0 saturated carbocycles. The number of carbonyl (C=O) groups is 2. The Kier molecular flexibility index (Phi) is 6.01. The summed E-state index contributed by atoms with van der Waals surface area (Å²) >= 11 is 5.73. The highest BCUT2D eigenvalue weighted by Crippen LogP contribution is 2.18. The van der Waals surface area contributed by atoms with E-state index in [1.165, 1.54) is 30.5 Å². The van der Waals surface area contributed by atoms with Crippen LogP contribution < -0.4 is 10.6 Å². The number of hydrogen-bond acceptors (Lipinski definition) is 3. The van der Waals surface area contributed by atoms with Gasteiger partial charge < -0.3 is 10.6 Å². The molecule has 2 aromatic carbocycles. The van der Waals surface area contributed by atoms with E-state index in [1.54, 1.807) is 24.3 Å². The predicted molar refractivity (Wildman–Crippen MR) is 106 cm³/mol. The minimum absolute atomic E-state index is 0.245. The summed E-state index contributed by atoms with van der Waals surface area (Å²) in [6, 6.07) is 15.3. The maximum Gasteiger partial charge on any atom is 0.255 e. The van der Waals surface area contributed by atoms with Gasteiger partial charge in [0.1, 0.15) is 11.0 Å². The normalized spacial score (nSPS) is 11.5. The summed E-state index contributed by atoms with van der Waals surface area (Å²) in [5, 5.41) is 5.95. The van der Waals surface area contributed by atoms with Crippen LogP contribution in [0, 0.1) is 5.82 Å². The Morgan fingerprint density at radius 2 is 1.57 bits per heavy atom. The van der Waals surface area contributed by atoms with Crippen molar-refractivity contribution in [3.8, 4) is 0 Å². The molecule has 0 aliphatic carbocycles. The van der Waals surface area contributed by atoms with E-state index in [4.69, 9.17) is 11.6 Å². The second-order valence-electron chi connectivity index (χ2n) is 6.15. The third kappa shape index (κ3) is 4.92. The van der Waals surface area contributed by atoms with Gasteiger partial charge in [0.2, 0.25) is 0 Å². The Hall–Kier alpha value is -3.25. The van der Waals surface area contributed by atoms with Gasteiger partial charge >= 0.3 is 0 Å². The maximum atomic E-state index is 12.9. The van der Waals surface area contributed by atoms with Crippen molar-refractivity contribution in [1.29, 1.82) is 0 Å². The molecule has 0 aliphatic rings. The van der Waals surface area contributed by atoms with Crippen molar-refractivity contribution in [2.24, 2.45) is 0 Å². The predicted octanol–water partition coefficient (Wildman–Crippen LogP) is 4.62. The fourth-order valence-electron chi connectivity index (χ4n) is 2.53. The van der Waals surface area contributed by atoms with Gasteiger partial charge in [0.15, 0.2) is 0 Å². The topological polar surface area (TPSA) is 71.1 Å². The number of halogens is 2. The number of amides is 2. The van der Waals surface area contributed by atoms with Crippen molar-refractivity contribution in [3.63, 3.8) is 0 Å². The van der Waals surface area contributed by atoms with Gasteiger partial charge in [-0.05, 0) is 61.0 Å². The average Bonchev–Trinajstić information content (AvgIpc) is 2.69. The molecule has 0 fully saturated rings. The van der Waals surface area contributed by atoms with Crippen LogP contribution in [-0.2, 0) is 0 Å². The van der Waals surface area contributed by atoms with Crippen LogP contribution in [0.5, 0.6) is 0 Å². The molecule has 5 nitrogen and oxygen atoms in total. The Labute approximate surface area is 166 Å². The van der Waals surface area contributed by atoms with Crippen LogP contribution in [0.3, 0.4) is 0 Å². The minimum Gasteiger partial charge on any atom is -0.345 e. The Balaban J connectivity index is 1.61. The van der Waals surface area contributed by atoms with Crippen molar-refractivity contribution in [3.05, 3.63) is 94.5 Å². The molecule has 1 aromatic heterocycles. The number of pyridine rings is 1. The molecule has 1 unspecified atom stereocenters. The van der Waals surface area contributed by atoms with Crippen LogP contribution in [0.15, 0.2) is 66.9 Å². The molecular weight excluding hydrogens is 381 g/mol.